The van der Waals surface area contributed by atoms with Crippen molar-refractivity contribution in [3.8, 4) is 11.5 Å². The fourth-order valence-electron chi connectivity index (χ4n) is 3.29. The molecule has 0 unspecified atom stereocenters. The standard InChI is InChI=1S/C19H19ClN2O5S/c20-14-1-3-15(4-2-14)22-12-13(9-19(22)23)11-21-28(24,25)16-5-6-17-18(10-16)27-8-7-26-17/h1-6,10,13,21H,7-9,11-12H2/t13-/m0/s1. The highest BCUT2D eigenvalue weighted by Gasteiger charge is 2.31. The molecule has 0 bridgehead atoms. The molecule has 28 heavy (non-hydrogen) atoms. The first-order valence-electron chi connectivity index (χ1n) is 8.87. The summed E-state index contributed by atoms with van der Waals surface area (Å²) >= 11 is 5.89. The molecule has 7 nitrogen and oxygen atoms in total. The van der Waals surface area contributed by atoms with Gasteiger partial charge in [-0.3, -0.25) is 4.79 Å². The van der Waals surface area contributed by atoms with Crippen molar-refractivity contribution in [2.24, 2.45) is 5.92 Å². The van der Waals surface area contributed by atoms with E-state index >= 15 is 0 Å². The van der Waals surface area contributed by atoms with E-state index in [1.54, 1.807) is 35.2 Å². The number of halogens is 1. The SMILES string of the molecule is O=C1C[C@@H](CNS(=O)(=O)c2ccc3c(c2)OCCO3)CN1c1ccc(Cl)cc1. The molecule has 2 aromatic rings. The van der Waals surface area contributed by atoms with Crippen molar-refractivity contribution in [3.05, 3.63) is 47.5 Å². The number of ether oxygens (including phenoxy) is 2. The number of anilines is 1. The summed E-state index contributed by atoms with van der Waals surface area (Å²) in [5, 5.41) is 0.596. The minimum atomic E-state index is -3.72. The second-order valence-electron chi connectivity index (χ2n) is 6.71. The van der Waals surface area contributed by atoms with Crippen LogP contribution in [-0.2, 0) is 14.8 Å². The Labute approximate surface area is 168 Å². The van der Waals surface area contributed by atoms with Crippen molar-refractivity contribution in [3.63, 3.8) is 0 Å². The van der Waals surface area contributed by atoms with E-state index in [0.717, 1.165) is 5.69 Å². The van der Waals surface area contributed by atoms with Gasteiger partial charge in [0.1, 0.15) is 13.2 Å². The zero-order valence-corrected chi connectivity index (χ0v) is 16.5. The van der Waals surface area contributed by atoms with E-state index in [0.29, 0.717) is 36.3 Å². The molecule has 0 spiro atoms. The molecule has 148 valence electrons. The minimum Gasteiger partial charge on any atom is -0.486 e. The smallest absolute Gasteiger partial charge is 0.240 e. The Morgan fingerprint density at radius 3 is 2.54 bits per heavy atom. The van der Waals surface area contributed by atoms with E-state index in [1.165, 1.54) is 12.1 Å². The normalized spacial score (nSPS) is 19.1. The average molecular weight is 423 g/mol. The fraction of sp³-hybridized carbons (Fsp3) is 0.316. The van der Waals surface area contributed by atoms with E-state index in [9.17, 15) is 13.2 Å². The molecule has 9 heteroatoms. The number of carbonyl (C=O) groups excluding carboxylic acids is 1. The van der Waals surface area contributed by atoms with E-state index in [-0.39, 0.29) is 29.7 Å². The summed E-state index contributed by atoms with van der Waals surface area (Å²) in [4.78, 5) is 14.1. The van der Waals surface area contributed by atoms with Gasteiger partial charge in [0.2, 0.25) is 15.9 Å². The number of hydrogen-bond donors (Lipinski definition) is 1. The zero-order valence-electron chi connectivity index (χ0n) is 14.9. The molecule has 2 aromatic carbocycles. The van der Waals surface area contributed by atoms with Crippen LogP contribution in [0.1, 0.15) is 6.42 Å². The molecule has 2 heterocycles. The third kappa shape index (κ3) is 3.94. The molecule has 1 atom stereocenters. The molecule has 0 aromatic heterocycles. The largest absolute Gasteiger partial charge is 0.486 e. The Hall–Kier alpha value is -2.29. The maximum Gasteiger partial charge on any atom is 0.240 e. The predicted octanol–water partition coefficient (Wildman–Crippen LogP) is 2.44. The van der Waals surface area contributed by atoms with Gasteiger partial charge in [-0.1, -0.05) is 11.6 Å². The first-order valence-corrected chi connectivity index (χ1v) is 10.7. The van der Waals surface area contributed by atoms with Gasteiger partial charge >= 0.3 is 0 Å². The summed E-state index contributed by atoms with van der Waals surface area (Å²) in [5.41, 5.74) is 0.756. The van der Waals surface area contributed by atoms with Gasteiger partial charge in [0, 0.05) is 36.3 Å². The minimum absolute atomic E-state index is 0.0363. The molecule has 0 saturated carbocycles. The van der Waals surface area contributed by atoms with Crippen molar-refractivity contribution in [2.75, 3.05) is 31.2 Å². The average Bonchev–Trinajstić information content (AvgIpc) is 3.07. The second kappa shape index (κ2) is 7.62. The molecule has 1 amide bonds. The second-order valence-corrected chi connectivity index (χ2v) is 8.91. The lowest BCUT2D eigenvalue weighted by Crippen LogP contribution is -2.31. The van der Waals surface area contributed by atoms with Gasteiger partial charge < -0.3 is 14.4 Å². The van der Waals surface area contributed by atoms with Crippen LogP contribution < -0.4 is 19.1 Å². The van der Waals surface area contributed by atoms with Crippen molar-refractivity contribution in [2.45, 2.75) is 11.3 Å². The number of rotatable bonds is 5. The lowest BCUT2D eigenvalue weighted by atomic mass is 10.1. The van der Waals surface area contributed by atoms with Crippen LogP contribution in [0.4, 0.5) is 5.69 Å². The van der Waals surface area contributed by atoms with Gasteiger partial charge in [0.25, 0.3) is 0 Å². The van der Waals surface area contributed by atoms with Crippen LogP contribution in [0.15, 0.2) is 47.4 Å². The summed E-state index contributed by atoms with van der Waals surface area (Å²) in [6, 6.07) is 11.5. The van der Waals surface area contributed by atoms with Crippen LogP contribution in [0.2, 0.25) is 5.02 Å². The van der Waals surface area contributed by atoms with Crippen LogP contribution in [0.5, 0.6) is 11.5 Å². The lowest BCUT2D eigenvalue weighted by Gasteiger charge is -2.19. The summed E-state index contributed by atoms with van der Waals surface area (Å²) in [6.45, 7) is 1.45. The fourth-order valence-corrected chi connectivity index (χ4v) is 4.55. The Morgan fingerprint density at radius 2 is 1.79 bits per heavy atom. The Bertz CT molecular complexity index is 994. The molecular formula is C19H19ClN2O5S. The third-order valence-electron chi connectivity index (χ3n) is 4.73. The van der Waals surface area contributed by atoms with Crippen LogP contribution in [0.25, 0.3) is 0 Å². The van der Waals surface area contributed by atoms with E-state index < -0.39 is 10.0 Å². The first kappa shape index (κ1) is 19.0. The summed E-state index contributed by atoms with van der Waals surface area (Å²) < 4.78 is 38.7. The molecule has 1 fully saturated rings. The van der Waals surface area contributed by atoms with Crippen LogP contribution in [-0.4, -0.2) is 40.6 Å². The molecule has 1 saturated heterocycles. The number of fused-ring (bicyclic) bond motifs is 1. The zero-order chi connectivity index (χ0) is 19.7. The predicted molar refractivity (Wildman–Crippen MR) is 105 cm³/mol. The molecule has 0 radical (unpaired) electrons. The highest BCUT2D eigenvalue weighted by atomic mass is 35.5. The van der Waals surface area contributed by atoms with Crippen molar-refractivity contribution in [1.82, 2.24) is 4.72 Å². The number of carbonyl (C=O) groups is 1. The van der Waals surface area contributed by atoms with Gasteiger partial charge in [-0.15, -0.1) is 0 Å². The van der Waals surface area contributed by atoms with Crippen LogP contribution in [0, 0.1) is 5.92 Å². The maximum absolute atomic E-state index is 12.6. The van der Waals surface area contributed by atoms with E-state index in [1.807, 2.05) is 0 Å². The van der Waals surface area contributed by atoms with Gasteiger partial charge in [0.15, 0.2) is 11.5 Å². The quantitative estimate of drug-likeness (QED) is 0.800. The van der Waals surface area contributed by atoms with E-state index in [2.05, 4.69) is 4.72 Å². The van der Waals surface area contributed by atoms with Gasteiger partial charge in [0.05, 0.1) is 4.90 Å². The lowest BCUT2D eigenvalue weighted by molar-refractivity contribution is -0.117. The Morgan fingerprint density at radius 1 is 1.07 bits per heavy atom. The molecule has 0 aliphatic carbocycles. The van der Waals surface area contributed by atoms with Gasteiger partial charge in [-0.2, -0.15) is 0 Å². The molecule has 2 aliphatic rings. The van der Waals surface area contributed by atoms with Gasteiger partial charge in [-0.05, 0) is 42.3 Å². The molecular weight excluding hydrogens is 404 g/mol. The third-order valence-corrected chi connectivity index (χ3v) is 6.40. The number of sulfonamides is 1. The Balaban J connectivity index is 1.41. The number of benzene rings is 2. The molecule has 4 rings (SSSR count). The highest BCUT2D eigenvalue weighted by Crippen LogP contribution is 2.32. The van der Waals surface area contributed by atoms with Crippen LogP contribution in [0.3, 0.4) is 0 Å². The molecule has 2 aliphatic heterocycles. The van der Waals surface area contributed by atoms with Crippen LogP contribution >= 0.6 is 11.6 Å². The highest BCUT2D eigenvalue weighted by molar-refractivity contribution is 7.89. The molecule has 1 N–H and O–H groups in total. The number of nitrogens with one attached hydrogen (secondary N) is 1. The summed E-state index contributed by atoms with van der Waals surface area (Å²) in [6.07, 6.45) is 0.284. The van der Waals surface area contributed by atoms with Gasteiger partial charge in [-0.25, -0.2) is 13.1 Å². The number of nitrogens with zero attached hydrogens (tertiary/aromatic N) is 1. The monoisotopic (exact) mass is 422 g/mol. The topological polar surface area (TPSA) is 84.9 Å². The van der Waals surface area contributed by atoms with Crippen molar-refractivity contribution < 1.29 is 22.7 Å². The Kier molecular flexibility index (Phi) is 5.18. The number of amides is 1. The van der Waals surface area contributed by atoms with Crippen molar-refractivity contribution >= 4 is 33.2 Å². The summed E-state index contributed by atoms with van der Waals surface area (Å²) in [7, 11) is -3.72. The van der Waals surface area contributed by atoms with E-state index in [4.69, 9.17) is 21.1 Å². The maximum atomic E-state index is 12.6. The van der Waals surface area contributed by atoms with Crippen molar-refractivity contribution in [1.29, 1.82) is 0 Å². The first-order chi connectivity index (χ1) is 13.4. The summed E-state index contributed by atoms with van der Waals surface area (Å²) in [5.74, 6) is 0.797. The number of hydrogen-bond acceptors (Lipinski definition) is 5.